The zero-order valence-corrected chi connectivity index (χ0v) is 35.3. The summed E-state index contributed by atoms with van der Waals surface area (Å²) in [4.78, 5) is 57.9. The van der Waals surface area contributed by atoms with Crippen LogP contribution >= 0.6 is 0 Å². The molecule has 0 unspecified atom stereocenters. The first kappa shape index (κ1) is 43.2. The number of anilines is 3. The van der Waals surface area contributed by atoms with Crippen molar-refractivity contribution >= 4 is 54.0 Å². The van der Waals surface area contributed by atoms with Crippen LogP contribution in [0.25, 0.3) is 0 Å². The van der Waals surface area contributed by atoms with Crippen LogP contribution in [0.5, 0.6) is 5.75 Å². The average Bonchev–Trinajstić information content (AvgIpc) is 3.64. The summed E-state index contributed by atoms with van der Waals surface area (Å²) in [7, 11) is -1.04. The summed E-state index contributed by atoms with van der Waals surface area (Å²) in [5.41, 5.74) is 1.79. The SMILES string of the molecule is COc1ccc([Si](C)(C)[C@H]2[C@H](CC(=O)N(CCO)Cc3ccccc3)O[C@@]3(C(=O)N(Cc4ccc(NC(=O)[C@H](C)O)cc4)c4ccc(NC(=O)[C@H](C)O)cc43)[C@@H]2C)cc1. The highest BCUT2D eigenvalue weighted by atomic mass is 28.3. The number of rotatable bonds is 15. The summed E-state index contributed by atoms with van der Waals surface area (Å²) in [5.74, 6) is -1.45. The van der Waals surface area contributed by atoms with E-state index in [0.29, 0.717) is 34.9 Å². The topological polar surface area (TPSA) is 178 Å². The first-order valence-electron chi connectivity index (χ1n) is 19.9. The lowest BCUT2D eigenvalue weighted by atomic mass is 9.82. The Morgan fingerprint density at radius 3 is 2.08 bits per heavy atom. The fraction of sp³-hybridized carbons (Fsp3) is 0.378. The van der Waals surface area contributed by atoms with Gasteiger partial charge < -0.3 is 45.2 Å². The van der Waals surface area contributed by atoms with Gasteiger partial charge in [0.2, 0.25) is 5.91 Å². The normalized spacial score (nSPS) is 20.9. The van der Waals surface area contributed by atoms with Crippen LogP contribution < -0.4 is 25.5 Å². The van der Waals surface area contributed by atoms with E-state index in [1.165, 1.54) is 13.8 Å². The van der Waals surface area contributed by atoms with Crippen LogP contribution in [0, 0.1) is 5.92 Å². The van der Waals surface area contributed by atoms with Crippen LogP contribution in [-0.2, 0) is 42.6 Å². The summed E-state index contributed by atoms with van der Waals surface area (Å²) in [5, 5.41) is 36.3. The highest BCUT2D eigenvalue weighted by Crippen LogP contribution is 2.60. The number of methoxy groups -OCH3 is 1. The van der Waals surface area contributed by atoms with Gasteiger partial charge in [-0.3, -0.25) is 19.2 Å². The Balaban J connectivity index is 1.44. The first-order valence-corrected chi connectivity index (χ1v) is 23.0. The zero-order valence-electron chi connectivity index (χ0n) is 34.3. The van der Waals surface area contributed by atoms with E-state index < -0.39 is 49.7 Å². The van der Waals surface area contributed by atoms with Crippen molar-refractivity contribution in [3.63, 3.8) is 0 Å². The maximum atomic E-state index is 15.4. The predicted molar refractivity (Wildman–Crippen MR) is 228 cm³/mol. The van der Waals surface area contributed by atoms with E-state index >= 15 is 4.79 Å². The molecule has 13 nitrogen and oxygen atoms in total. The molecule has 6 rings (SSSR count). The van der Waals surface area contributed by atoms with Crippen LogP contribution in [0.2, 0.25) is 18.6 Å². The molecule has 5 N–H and O–H groups in total. The van der Waals surface area contributed by atoms with Gasteiger partial charge in [0.25, 0.3) is 17.7 Å². The van der Waals surface area contributed by atoms with Gasteiger partial charge in [-0.1, -0.05) is 79.8 Å². The Kier molecular flexibility index (Phi) is 13.1. The van der Waals surface area contributed by atoms with Crippen LogP contribution in [-0.4, -0.2) is 90.5 Å². The Morgan fingerprint density at radius 1 is 0.881 bits per heavy atom. The van der Waals surface area contributed by atoms with Crippen LogP contribution in [0.1, 0.15) is 43.9 Å². The van der Waals surface area contributed by atoms with Gasteiger partial charge in [-0.15, -0.1) is 0 Å². The molecular weight excluding hydrogens is 769 g/mol. The van der Waals surface area contributed by atoms with Crippen LogP contribution in [0.4, 0.5) is 17.1 Å². The zero-order chi connectivity index (χ0) is 42.6. The molecule has 2 heterocycles. The molecule has 2 aliphatic heterocycles. The van der Waals surface area contributed by atoms with E-state index in [2.05, 4.69) is 23.7 Å². The van der Waals surface area contributed by atoms with E-state index in [9.17, 15) is 29.7 Å². The van der Waals surface area contributed by atoms with Gasteiger partial charge >= 0.3 is 0 Å². The standard InChI is InChI=1S/C45H54N4O9Si/c1-28-41(59(5,6)36-19-17-35(57-4)18-20-36)39(25-40(53)48(22-23-50)26-31-10-8-7-9-11-31)58-45(28)37-24-34(47-43(55)30(3)52)16-21-38(37)49(44(45)56)27-32-12-14-33(15-13-32)46-42(54)29(2)51/h7-21,24,28-30,39,41,50-52H,22-23,25-27H2,1-6H3,(H,46,54)(H,47,55)/t28-,29+,30+,39+,41-,45+/m1/s1. The number of hydrogen-bond donors (Lipinski definition) is 5. The lowest BCUT2D eigenvalue weighted by Gasteiger charge is -2.37. The number of aliphatic hydroxyl groups is 3. The van der Waals surface area contributed by atoms with E-state index in [4.69, 9.17) is 9.47 Å². The number of carbonyl (C=O) groups is 4. The van der Waals surface area contributed by atoms with Gasteiger partial charge in [-0.05, 0) is 73.0 Å². The number of nitrogens with one attached hydrogen (secondary N) is 2. The van der Waals surface area contributed by atoms with Crippen molar-refractivity contribution in [2.75, 3.05) is 35.8 Å². The molecule has 1 fully saturated rings. The fourth-order valence-electron chi connectivity index (χ4n) is 8.64. The number of aliphatic hydroxyl groups excluding tert-OH is 3. The summed E-state index contributed by atoms with van der Waals surface area (Å²) < 4.78 is 12.7. The molecule has 4 aromatic carbocycles. The lowest BCUT2D eigenvalue weighted by Crippen LogP contribution is -2.52. The lowest BCUT2D eigenvalue weighted by molar-refractivity contribution is -0.150. The van der Waals surface area contributed by atoms with Gasteiger partial charge in [0.05, 0.1) is 46.5 Å². The monoisotopic (exact) mass is 822 g/mol. The second kappa shape index (κ2) is 17.9. The molecule has 14 heteroatoms. The van der Waals surface area contributed by atoms with Crippen molar-refractivity contribution in [3.05, 3.63) is 114 Å². The quantitative estimate of drug-likeness (QED) is 0.108. The highest BCUT2D eigenvalue weighted by molar-refractivity contribution is 6.91. The Labute approximate surface area is 346 Å². The third-order valence-corrected chi connectivity index (χ3v) is 16.1. The Morgan fingerprint density at radius 2 is 1.49 bits per heavy atom. The van der Waals surface area contributed by atoms with Crippen LogP contribution in [0.3, 0.4) is 0 Å². The number of ether oxygens (including phenoxy) is 2. The fourth-order valence-corrected chi connectivity index (χ4v) is 12.6. The molecule has 0 aliphatic carbocycles. The summed E-state index contributed by atoms with van der Waals surface area (Å²) in [6, 6.07) is 29.6. The molecule has 0 aromatic heterocycles. The van der Waals surface area contributed by atoms with Crippen molar-refractivity contribution < 1.29 is 44.0 Å². The van der Waals surface area contributed by atoms with Crippen molar-refractivity contribution in [1.82, 2.24) is 4.90 Å². The summed E-state index contributed by atoms with van der Waals surface area (Å²) in [6.07, 6.45) is -3.23. The van der Waals surface area contributed by atoms with Gasteiger partial charge in [0, 0.05) is 35.9 Å². The molecular formula is C45H54N4O9Si. The molecule has 0 saturated carbocycles. The second-order valence-electron chi connectivity index (χ2n) is 16.0. The molecule has 0 bridgehead atoms. The third kappa shape index (κ3) is 8.82. The van der Waals surface area contributed by atoms with Gasteiger partial charge in [0.1, 0.15) is 18.0 Å². The van der Waals surface area contributed by atoms with Gasteiger partial charge in [-0.25, -0.2) is 0 Å². The van der Waals surface area contributed by atoms with E-state index in [-0.39, 0.29) is 43.5 Å². The molecule has 312 valence electrons. The first-order chi connectivity index (χ1) is 28.1. The second-order valence-corrected chi connectivity index (χ2v) is 20.7. The minimum atomic E-state index is -2.65. The van der Waals surface area contributed by atoms with E-state index in [1.807, 2.05) is 61.5 Å². The minimum Gasteiger partial charge on any atom is -0.497 e. The van der Waals surface area contributed by atoms with Crippen molar-refractivity contribution in [2.45, 2.75) is 82.8 Å². The average molecular weight is 823 g/mol. The summed E-state index contributed by atoms with van der Waals surface area (Å²) in [6.45, 7) is 9.53. The molecule has 4 amide bonds. The van der Waals surface area contributed by atoms with Gasteiger partial charge in [0.15, 0.2) is 5.60 Å². The van der Waals surface area contributed by atoms with Gasteiger partial charge in [-0.2, -0.15) is 0 Å². The number of carbonyl (C=O) groups excluding carboxylic acids is 4. The van der Waals surface area contributed by atoms with Crippen molar-refractivity contribution in [1.29, 1.82) is 0 Å². The molecule has 1 spiro atoms. The number of nitrogens with zero attached hydrogens (tertiary/aromatic N) is 2. The minimum absolute atomic E-state index is 0.0448. The third-order valence-electron chi connectivity index (χ3n) is 11.7. The van der Waals surface area contributed by atoms with E-state index in [0.717, 1.165) is 16.3 Å². The molecule has 1 saturated heterocycles. The smallest absolute Gasteiger partial charge is 0.264 e. The predicted octanol–water partition coefficient (Wildman–Crippen LogP) is 4.51. The molecule has 0 radical (unpaired) electrons. The maximum Gasteiger partial charge on any atom is 0.264 e. The van der Waals surface area contributed by atoms with Crippen molar-refractivity contribution in [3.8, 4) is 5.75 Å². The molecule has 2 aliphatic rings. The maximum absolute atomic E-state index is 15.4. The molecule has 4 aromatic rings. The highest BCUT2D eigenvalue weighted by Gasteiger charge is 2.66. The largest absolute Gasteiger partial charge is 0.497 e. The Bertz CT molecular complexity index is 2150. The number of fused-ring (bicyclic) bond motifs is 2. The summed E-state index contributed by atoms with van der Waals surface area (Å²) >= 11 is 0. The van der Waals surface area contributed by atoms with E-state index in [1.54, 1.807) is 59.4 Å². The molecule has 59 heavy (non-hydrogen) atoms. The Hall–Kier alpha value is -5.38. The molecule has 6 atom stereocenters. The number of amides is 4. The number of benzene rings is 4. The number of hydrogen-bond acceptors (Lipinski definition) is 9. The van der Waals surface area contributed by atoms with Crippen LogP contribution in [0.15, 0.2) is 97.1 Å². The van der Waals surface area contributed by atoms with Crippen molar-refractivity contribution in [2.24, 2.45) is 5.92 Å².